The van der Waals surface area contributed by atoms with Crippen LogP contribution in [0.25, 0.3) is 0 Å². The van der Waals surface area contributed by atoms with E-state index in [0.29, 0.717) is 5.69 Å². The Morgan fingerprint density at radius 1 is 1.04 bits per heavy atom. The molecule has 0 radical (unpaired) electrons. The molecular formula is C20H22N2O5. The average molecular weight is 370 g/mol. The Balaban J connectivity index is 2.39. The summed E-state index contributed by atoms with van der Waals surface area (Å²) in [5, 5.41) is 11.1. The van der Waals surface area contributed by atoms with Crippen molar-refractivity contribution < 1.29 is 19.2 Å². The number of nitrogens with zero attached hydrogens (tertiary/aromatic N) is 2. The highest BCUT2D eigenvalue weighted by atomic mass is 16.6. The number of ether oxygens (including phenoxy) is 1. The summed E-state index contributed by atoms with van der Waals surface area (Å²) >= 11 is 0. The SMILES string of the molecule is COC(=O)c1cc(C(=O)N(C)c2ccc(C(C)(C)C)cc2)cc([N+](=O)[O-])c1. The first kappa shape index (κ1) is 20.1. The van der Waals surface area contributed by atoms with E-state index in [1.54, 1.807) is 7.05 Å². The maximum Gasteiger partial charge on any atom is 0.338 e. The minimum Gasteiger partial charge on any atom is -0.465 e. The van der Waals surface area contributed by atoms with Crippen LogP contribution in [0, 0.1) is 10.1 Å². The van der Waals surface area contributed by atoms with E-state index in [1.807, 2.05) is 24.3 Å². The topological polar surface area (TPSA) is 89.8 Å². The van der Waals surface area contributed by atoms with Gasteiger partial charge in [-0.3, -0.25) is 14.9 Å². The number of esters is 1. The Morgan fingerprint density at radius 3 is 2.07 bits per heavy atom. The summed E-state index contributed by atoms with van der Waals surface area (Å²) in [7, 11) is 2.75. The predicted molar refractivity (Wildman–Crippen MR) is 102 cm³/mol. The zero-order valence-corrected chi connectivity index (χ0v) is 16.0. The molecular weight excluding hydrogens is 348 g/mol. The summed E-state index contributed by atoms with van der Waals surface area (Å²) in [5.41, 5.74) is 1.38. The van der Waals surface area contributed by atoms with Gasteiger partial charge in [-0.05, 0) is 29.2 Å². The molecule has 0 N–H and O–H groups in total. The van der Waals surface area contributed by atoms with Gasteiger partial charge in [0.1, 0.15) is 0 Å². The fourth-order valence-electron chi connectivity index (χ4n) is 2.57. The lowest BCUT2D eigenvalue weighted by Crippen LogP contribution is -2.26. The van der Waals surface area contributed by atoms with Crippen LogP contribution in [0.5, 0.6) is 0 Å². The second-order valence-corrected chi connectivity index (χ2v) is 7.18. The molecule has 0 atom stereocenters. The van der Waals surface area contributed by atoms with Gasteiger partial charge in [0.15, 0.2) is 0 Å². The van der Waals surface area contributed by atoms with Gasteiger partial charge in [-0.2, -0.15) is 0 Å². The summed E-state index contributed by atoms with van der Waals surface area (Å²) in [5.74, 6) is -1.21. The van der Waals surface area contributed by atoms with E-state index in [9.17, 15) is 19.7 Å². The first-order valence-electron chi connectivity index (χ1n) is 8.31. The fourth-order valence-corrected chi connectivity index (χ4v) is 2.57. The van der Waals surface area contributed by atoms with E-state index in [2.05, 4.69) is 25.5 Å². The third-order valence-corrected chi connectivity index (χ3v) is 4.22. The monoisotopic (exact) mass is 370 g/mol. The van der Waals surface area contributed by atoms with Crippen LogP contribution in [0.4, 0.5) is 11.4 Å². The van der Waals surface area contributed by atoms with Crippen LogP contribution in [0.15, 0.2) is 42.5 Å². The Hall–Kier alpha value is -3.22. The van der Waals surface area contributed by atoms with Gasteiger partial charge in [0, 0.05) is 30.4 Å². The molecule has 0 aliphatic heterocycles. The quantitative estimate of drug-likeness (QED) is 0.462. The van der Waals surface area contributed by atoms with Gasteiger partial charge >= 0.3 is 5.97 Å². The largest absolute Gasteiger partial charge is 0.465 e. The number of hydrogen-bond acceptors (Lipinski definition) is 5. The molecule has 2 rings (SSSR count). The molecule has 0 aliphatic rings. The molecule has 0 bridgehead atoms. The number of rotatable bonds is 4. The lowest BCUT2D eigenvalue weighted by Gasteiger charge is -2.22. The molecule has 0 spiro atoms. The lowest BCUT2D eigenvalue weighted by atomic mass is 9.87. The number of carbonyl (C=O) groups is 2. The van der Waals surface area contributed by atoms with E-state index in [0.717, 1.165) is 17.7 Å². The maximum absolute atomic E-state index is 12.8. The summed E-state index contributed by atoms with van der Waals surface area (Å²) in [6.45, 7) is 6.27. The molecule has 142 valence electrons. The number of nitro groups is 1. The van der Waals surface area contributed by atoms with Crippen LogP contribution in [-0.2, 0) is 10.2 Å². The molecule has 0 aliphatic carbocycles. The van der Waals surface area contributed by atoms with Crippen molar-refractivity contribution in [1.29, 1.82) is 0 Å². The second kappa shape index (κ2) is 7.57. The van der Waals surface area contributed by atoms with E-state index in [-0.39, 0.29) is 22.2 Å². The summed E-state index contributed by atoms with van der Waals surface area (Å²) in [4.78, 5) is 36.4. The highest BCUT2D eigenvalue weighted by Crippen LogP contribution is 2.26. The molecule has 0 aromatic heterocycles. The molecule has 2 aromatic rings. The van der Waals surface area contributed by atoms with Crippen molar-refractivity contribution in [2.24, 2.45) is 0 Å². The maximum atomic E-state index is 12.8. The van der Waals surface area contributed by atoms with Gasteiger partial charge in [-0.15, -0.1) is 0 Å². The van der Waals surface area contributed by atoms with E-state index >= 15 is 0 Å². The first-order chi connectivity index (χ1) is 12.5. The highest BCUT2D eigenvalue weighted by molar-refractivity contribution is 6.07. The van der Waals surface area contributed by atoms with E-state index in [1.165, 1.54) is 18.1 Å². The standard InChI is InChI=1S/C20H22N2O5/c1-20(2,3)15-6-8-16(9-7-15)21(4)18(23)13-10-14(19(24)27-5)12-17(11-13)22(25)26/h6-12H,1-5H3. The van der Waals surface area contributed by atoms with Gasteiger partial charge < -0.3 is 9.64 Å². The number of amides is 1. The number of hydrogen-bond donors (Lipinski definition) is 0. The zero-order valence-electron chi connectivity index (χ0n) is 16.0. The van der Waals surface area contributed by atoms with Crippen LogP contribution in [0.2, 0.25) is 0 Å². The number of benzene rings is 2. The third-order valence-electron chi connectivity index (χ3n) is 4.22. The van der Waals surface area contributed by atoms with Crippen LogP contribution in [0.1, 0.15) is 47.1 Å². The lowest BCUT2D eigenvalue weighted by molar-refractivity contribution is -0.384. The third kappa shape index (κ3) is 4.49. The normalized spacial score (nSPS) is 11.0. The van der Waals surface area contributed by atoms with Crippen molar-refractivity contribution in [1.82, 2.24) is 0 Å². The zero-order chi connectivity index (χ0) is 20.4. The Morgan fingerprint density at radius 2 is 1.59 bits per heavy atom. The van der Waals surface area contributed by atoms with Gasteiger partial charge in [0.05, 0.1) is 17.6 Å². The first-order valence-corrected chi connectivity index (χ1v) is 8.31. The van der Waals surface area contributed by atoms with Crippen molar-refractivity contribution in [3.05, 3.63) is 69.3 Å². The second-order valence-electron chi connectivity index (χ2n) is 7.18. The van der Waals surface area contributed by atoms with Crippen molar-refractivity contribution in [3.8, 4) is 0 Å². The molecule has 0 heterocycles. The molecule has 7 nitrogen and oxygen atoms in total. The number of nitro benzene ring substituents is 1. The highest BCUT2D eigenvalue weighted by Gasteiger charge is 2.21. The van der Waals surface area contributed by atoms with E-state index in [4.69, 9.17) is 0 Å². The van der Waals surface area contributed by atoms with Crippen LogP contribution in [0.3, 0.4) is 0 Å². The molecule has 1 amide bonds. The molecule has 0 fully saturated rings. The van der Waals surface area contributed by atoms with Crippen molar-refractivity contribution >= 4 is 23.3 Å². The number of methoxy groups -OCH3 is 1. The number of anilines is 1. The van der Waals surface area contributed by atoms with Crippen LogP contribution in [-0.4, -0.2) is 31.0 Å². The Bertz CT molecular complexity index is 882. The molecule has 0 saturated heterocycles. The van der Waals surface area contributed by atoms with Crippen LogP contribution >= 0.6 is 0 Å². The van der Waals surface area contributed by atoms with Gasteiger partial charge in [0.2, 0.25) is 0 Å². The Kier molecular flexibility index (Phi) is 5.64. The van der Waals surface area contributed by atoms with Crippen molar-refractivity contribution in [3.63, 3.8) is 0 Å². The minimum absolute atomic E-state index is 0.0173. The van der Waals surface area contributed by atoms with Crippen molar-refractivity contribution in [2.75, 3.05) is 19.1 Å². The predicted octanol–water partition coefficient (Wildman–Crippen LogP) is 3.96. The molecule has 27 heavy (non-hydrogen) atoms. The van der Waals surface area contributed by atoms with Gasteiger partial charge in [-0.25, -0.2) is 4.79 Å². The van der Waals surface area contributed by atoms with Gasteiger partial charge in [0.25, 0.3) is 11.6 Å². The molecule has 0 unspecified atom stereocenters. The minimum atomic E-state index is -0.745. The summed E-state index contributed by atoms with van der Waals surface area (Å²) in [6, 6.07) is 11.0. The molecule has 7 heteroatoms. The average Bonchev–Trinajstić information content (AvgIpc) is 2.65. The van der Waals surface area contributed by atoms with Crippen molar-refractivity contribution in [2.45, 2.75) is 26.2 Å². The van der Waals surface area contributed by atoms with Gasteiger partial charge in [-0.1, -0.05) is 32.9 Å². The number of carbonyl (C=O) groups excluding carboxylic acids is 2. The summed E-state index contributed by atoms with van der Waals surface area (Å²) < 4.78 is 4.61. The summed E-state index contributed by atoms with van der Waals surface area (Å²) in [6.07, 6.45) is 0. The van der Waals surface area contributed by atoms with Crippen LogP contribution < -0.4 is 4.90 Å². The smallest absolute Gasteiger partial charge is 0.338 e. The fraction of sp³-hybridized carbons (Fsp3) is 0.300. The number of non-ortho nitro benzene ring substituents is 1. The molecule has 2 aromatic carbocycles. The van der Waals surface area contributed by atoms with E-state index < -0.39 is 16.8 Å². The molecule has 0 saturated carbocycles. The Labute approximate surface area is 157 Å².